The number of aryl methyl sites for hydroxylation is 1. The Morgan fingerprint density at radius 2 is 1.77 bits per heavy atom. The van der Waals surface area contributed by atoms with Crippen LogP contribution < -0.4 is 10.6 Å². The summed E-state index contributed by atoms with van der Waals surface area (Å²) in [4.78, 5) is 23.2. The molecule has 0 fully saturated rings. The van der Waals surface area contributed by atoms with Crippen LogP contribution in [0.5, 0.6) is 0 Å². The monoisotopic (exact) mass is 355 g/mol. The lowest BCUT2D eigenvalue weighted by molar-refractivity contribution is 0.102. The van der Waals surface area contributed by atoms with Crippen molar-refractivity contribution < 1.29 is 4.79 Å². The highest BCUT2D eigenvalue weighted by Gasteiger charge is 2.14. The van der Waals surface area contributed by atoms with Crippen molar-refractivity contribution in [3.8, 4) is 0 Å². The summed E-state index contributed by atoms with van der Waals surface area (Å²) in [5.41, 5.74) is 2.41. The molecular formula is C20H29N5O. The minimum atomic E-state index is -0.241. The summed E-state index contributed by atoms with van der Waals surface area (Å²) in [5, 5.41) is 6.13. The van der Waals surface area contributed by atoms with Gasteiger partial charge in [-0.05, 0) is 44.1 Å². The molecule has 0 aliphatic heterocycles. The lowest BCUT2D eigenvalue weighted by Gasteiger charge is -2.19. The van der Waals surface area contributed by atoms with Crippen molar-refractivity contribution >= 4 is 17.4 Å². The second kappa shape index (κ2) is 8.27. The molecule has 6 nitrogen and oxygen atoms in total. The molecule has 0 unspecified atom stereocenters. The number of nitrogens with one attached hydrogen (secondary N) is 2. The fraction of sp³-hybridized carbons (Fsp3) is 0.450. The Morgan fingerprint density at radius 1 is 1.12 bits per heavy atom. The zero-order valence-electron chi connectivity index (χ0n) is 16.6. The highest BCUT2D eigenvalue weighted by atomic mass is 16.1. The zero-order chi connectivity index (χ0) is 19.3. The first-order valence-electron chi connectivity index (χ1n) is 8.81. The van der Waals surface area contributed by atoms with Gasteiger partial charge in [-0.1, -0.05) is 32.9 Å². The molecule has 1 heterocycles. The molecule has 0 radical (unpaired) electrons. The number of anilines is 2. The number of hydrogen-bond donors (Lipinski definition) is 2. The van der Waals surface area contributed by atoms with Crippen LogP contribution in [0.25, 0.3) is 0 Å². The molecule has 0 atom stereocenters. The molecule has 1 aromatic heterocycles. The van der Waals surface area contributed by atoms with Crippen LogP contribution in [0.15, 0.2) is 30.3 Å². The predicted molar refractivity (Wildman–Crippen MR) is 107 cm³/mol. The van der Waals surface area contributed by atoms with E-state index in [4.69, 9.17) is 0 Å². The van der Waals surface area contributed by atoms with Gasteiger partial charge in [-0.15, -0.1) is 0 Å². The highest BCUT2D eigenvalue weighted by Crippen LogP contribution is 2.23. The number of hydrogen-bond acceptors (Lipinski definition) is 5. The molecular weight excluding hydrogens is 326 g/mol. The molecule has 2 rings (SSSR count). The zero-order valence-corrected chi connectivity index (χ0v) is 16.6. The molecule has 1 amide bonds. The summed E-state index contributed by atoms with van der Waals surface area (Å²) in [7, 11) is 4.02. The van der Waals surface area contributed by atoms with Crippen LogP contribution >= 0.6 is 0 Å². The van der Waals surface area contributed by atoms with E-state index in [9.17, 15) is 4.79 Å². The molecule has 0 spiro atoms. The van der Waals surface area contributed by atoms with Crippen molar-refractivity contribution in [2.24, 2.45) is 0 Å². The Hall–Kier alpha value is -2.47. The van der Waals surface area contributed by atoms with Crippen molar-refractivity contribution in [2.75, 3.05) is 37.8 Å². The van der Waals surface area contributed by atoms with Crippen molar-refractivity contribution in [3.05, 3.63) is 47.4 Å². The first kappa shape index (κ1) is 19.8. The van der Waals surface area contributed by atoms with Crippen LogP contribution in [0.4, 0.5) is 11.5 Å². The second-order valence-corrected chi connectivity index (χ2v) is 7.70. The van der Waals surface area contributed by atoms with Gasteiger partial charge in [0.1, 0.15) is 17.3 Å². The van der Waals surface area contributed by atoms with Crippen molar-refractivity contribution in [1.82, 2.24) is 14.9 Å². The van der Waals surface area contributed by atoms with Crippen molar-refractivity contribution in [3.63, 3.8) is 0 Å². The number of benzene rings is 1. The van der Waals surface area contributed by atoms with E-state index in [0.29, 0.717) is 17.3 Å². The van der Waals surface area contributed by atoms with Crippen LogP contribution in [-0.4, -0.2) is 48.0 Å². The number of rotatable bonds is 6. The van der Waals surface area contributed by atoms with Gasteiger partial charge in [-0.2, -0.15) is 0 Å². The number of amides is 1. The van der Waals surface area contributed by atoms with Crippen LogP contribution in [0.2, 0.25) is 0 Å². The van der Waals surface area contributed by atoms with Gasteiger partial charge in [0.2, 0.25) is 0 Å². The summed E-state index contributed by atoms with van der Waals surface area (Å²) >= 11 is 0. The average molecular weight is 355 g/mol. The average Bonchev–Trinajstić information content (AvgIpc) is 2.53. The third-order valence-electron chi connectivity index (χ3n) is 3.94. The number of carbonyl (C=O) groups excluding carboxylic acids is 1. The molecule has 2 N–H and O–H groups in total. The van der Waals surface area contributed by atoms with Crippen LogP contribution in [0.3, 0.4) is 0 Å². The Labute approximate surface area is 156 Å². The maximum Gasteiger partial charge on any atom is 0.274 e. The minimum absolute atomic E-state index is 0.0828. The SMILES string of the molecule is Cc1nc(NCCN(C)C)cc(C(=O)Nc2ccc(C(C)(C)C)cc2)n1. The Balaban J connectivity index is 2.08. The summed E-state index contributed by atoms with van der Waals surface area (Å²) < 4.78 is 0. The fourth-order valence-corrected chi connectivity index (χ4v) is 2.43. The van der Waals surface area contributed by atoms with Gasteiger partial charge in [0.25, 0.3) is 5.91 Å². The summed E-state index contributed by atoms with van der Waals surface area (Å²) in [6.07, 6.45) is 0. The van der Waals surface area contributed by atoms with Gasteiger partial charge in [0, 0.05) is 24.8 Å². The van der Waals surface area contributed by atoms with Crippen LogP contribution in [-0.2, 0) is 5.41 Å². The van der Waals surface area contributed by atoms with Gasteiger partial charge in [-0.3, -0.25) is 4.79 Å². The standard InChI is InChI=1S/C20H29N5O/c1-14-22-17(13-18(23-14)21-11-12-25(5)6)19(26)24-16-9-7-15(8-10-16)20(2,3)4/h7-10,13H,11-12H2,1-6H3,(H,24,26)(H,21,22,23). The first-order valence-corrected chi connectivity index (χ1v) is 8.81. The maximum absolute atomic E-state index is 12.5. The quantitative estimate of drug-likeness (QED) is 0.832. The number of aromatic nitrogens is 2. The molecule has 140 valence electrons. The van der Waals surface area contributed by atoms with Gasteiger partial charge in [0.15, 0.2) is 0 Å². The Morgan fingerprint density at radius 3 is 2.35 bits per heavy atom. The molecule has 1 aromatic carbocycles. The van der Waals surface area contributed by atoms with Gasteiger partial charge >= 0.3 is 0 Å². The van der Waals surface area contributed by atoms with E-state index in [-0.39, 0.29) is 11.3 Å². The van der Waals surface area contributed by atoms with E-state index in [2.05, 4.69) is 46.3 Å². The summed E-state index contributed by atoms with van der Waals surface area (Å²) in [6.45, 7) is 9.90. The molecule has 2 aromatic rings. The summed E-state index contributed by atoms with van der Waals surface area (Å²) in [6, 6.07) is 9.59. The second-order valence-electron chi connectivity index (χ2n) is 7.70. The van der Waals surface area contributed by atoms with Crippen molar-refractivity contribution in [2.45, 2.75) is 33.1 Å². The molecule has 0 saturated heterocycles. The number of nitrogens with zero attached hydrogens (tertiary/aromatic N) is 3. The fourth-order valence-electron chi connectivity index (χ4n) is 2.43. The van der Waals surface area contributed by atoms with E-state index in [1.807, 2.05) is 38.4 Å². The smallest absolute Gasteiger partial charge is 0.274 e. The third-order valence-corrected chi connectivity index (χ3v) is 3.94. The van der Waals surface area contributed by atoms with E-state index in [1.54, 1.807) is 13.0 Å². The lowest BCUT2D eigenvalue weighted by atomic mass is 9.87. The lowest BCUT2D eigenvalue weighted by Crippen LogP contribution is -2.22. The van der Waals surface area contributed by atoms with Crippen LogP contribution in [0, 0.1) is 6.92 Å². The van der Waals surface area contributed by atoms with Gasteiger partial charge in [0.05, 0.1) is 0 Å². The van der Waals surface area contributed by atoms with Gasteiger partial charge < -0.3 is 15.5 Å². The van der Waals surface area contributed by atoms with E-state index < -0.39 is 0 Å². The number of carbonyl (C=O) groups is 1. The normalized spacial score (nSPS) is 11.5. The molecule has 6 heteroatoms. The first-order chi connectivity index (χ1) is 12.1. The highest BCUT2D eigenvalue weighted by molar-refractivity contribution is 6.03. The largest absolute Gasteiger partial charge is 0.369 e. The van der Waals surface area contributed by atoms with Crippen molar-refractivity contribution in [1.29, 1.82) is 0 Å². The van der Waals surface area contributed by atoms with Gasteiger partial charge in [-0.25, -0.2) is 9.97 Å². The van der Waals surface area contributed by atoms with E-state index in [1.165, 1.54) is 5.56 Å². The molecule has 0 saturated carbocycles. The van der Waals surface area contributed by atoms with E-state index in [0.717, 1.165) is 18.8 Å². The predicted octanol–water partition coefficient (Wildman–Crippen LogP) is 3.31. The Bertz CT molecular complexity index is 748. The minimum Gasteiger partial charge on any atom is -0.369 e. The third kappa shape index (κ3) is 5.81. The Kier molecular flexibility index (Phi) is 6.32. The topological polar surface area (TPSA) is 70.2 Å². The maximum atomic E-state index is 12.5. The summed E-state index contributed by atoms with van der Waals surface area (Å²) in [5.74, 6) is 0.982. The molecule has 26 heavy (non-hydrogen) atoms. The molecule has 0 aliphatic carbocycles. The van der Waals surface area contributed by atoms with E-state index >= 15 is 0 Å². The molecule has 0 bridgehead atoms. The molecule has 0 aliphatic rings. The number of likely N-dealkylation sites (N-methyl/N-ethyl adjacent to an activating group) is 1. The van der Waals surface area contributed by atoms with Crippen LogP contribution in [0.1, 0.15) is 42.6 Å².